The zero-order valence-corrected chi connectivity index (χ0v) is 10.7. The van der Waals surface area contributed by atoms with Crippen molar-refractivity contribution >= 4 is 0 Å². The number of hydrogen-bond donors (Lipinski definition) is 0. The second kappa shape index (κ2) is 4.83. The van der Waals surface area contributed by atoms with E-state index in [1.807, 2.05) is 13.8 Å². The molecule has 0 bridgehead atoms. The fourth-order valence-electron chi connectivity index (χ4n) is 2.22. The Balaban J connectivity index is 0.000000531. The summed E-state index contributed by atoms with van der Waals surface area (Å²) in [6.45, 7) is 11.0. The van der Waals surface area contributed by atoms with Crippen LogP contribution in [0.5, 0.6) is 0 Å². The minimum Gasteiger partial charge on any atom is -0.0683 e. The highest BCUT2D eigenvalue weighted by Gasteiger charge is 2.45. The summed E-state index contributed by atoms with van der Waals surface area (Å²) in [6, 6.07) is 10.9. The van der Waals surface area contributed by atoms with Gasteiger partial charge in [0.1, 0.15) is 0 Å². The van der Waals surface area contributed by atoms with Crippen LogP contribution >= 0.6 is 0 Å². The molecule has 0 aromatic heterocycles. The van der Waals surface area contributed by atoms with Crippen LogP contribution in [0.4, 0.5) is 0 Å². The van der Waals surface area contributed by atoms with Gasteiger partial charge in [-0.05, 0) is 29.2 Å². The third kappa shape index (κ3) is 3.09. The molecular formula is C15H24. The molecule has 84 valence electrons. The molecule has 0 aliphatic heterocycles. The highest BCUT2D eigenvalue weighted by atomic mass is 14.5. The first-order valence-electron chi connectivity index (χ1n) is 6.14. The lowest BCUT2D eigenvalue weighted by molar-refractivity contribution is 0.343. The van der Waals surface area contributed by atoms with E-state index >= 15 is 0 Å². The highest BCUT2D eigenvalue weighted by Crippen LogP contribution is 2.56. The van der Waals surface area contributed by atoms with E-state index in [0.717, 1.165) is 11.8 Å². The molecular weight excluding hydrogens is 180 g/mol. The maximum atomic E-state index is 2.35. The molecule has 0 amide bonds. The summed E-state index contributed by atoms with van der Waals surface area (Å²) < 4.78 is 0. The van der Waals surface area contributed by atoms with Crippen LogP contribution in [-0.2, 0) is 0 Å². The molecule has 0 nitrogen and oxygen atoms in total. The fourth-order valence-corrected chi connectivity index (χ4v) is 2.22. The average Bonchev–Trinajstić information content (AvgIpc) is 3.01. The van der Waals surface area contributed by atoms with Crippen molar-refractivity contribution in [2.75, 3.05) is 0 Å². The molecule has 0 radical (unpaired) electrons. The summed E-state index contributed by atoms with van der Waals surface area (Å²) >= 11 is 0. The standard InChI is InChI=1S/C13H18.C2H6/c1-13(2,3)12-9-11(12)10-7-5-4-6-8-10;1-2/h4-8,11-12H,9H2,1-3H3;1-2H3. The van der Waals surface area contributed by atoms with Gasteiger partial charge < -0.3 is 0 Å². The first-order chi connectivity index (χ1) is 7.09. The maximum absolute atomic E-state index is 2.35. The Morgan fingerprint density at radius 1 is 1.00 bits per heavy atom. The zero-order valence-electron chi connectivity index (χ0n) is 10.7. The molecule has 1 fully saturated rings. The number of rotatable bonds is 1. The van der Waals surface area contributed by atoms with Crippen molar-refractivity contribution in [2.45, 2.75) is 47.0 Å². The first-order valence-corrected chi connectivity index (χ1v) is 6.14. The monoisotopic (exact) mass is 204 g/mol. The summed E-state index contributed by atoms with van der Waals surface area (Å²) in [5.41, 5.74) is 2.02. The minimum atomic E-state index is 0.487. The zero-order chi connectivity index (χ0) is 11.5. The molecule has 2 rings (SSSR count). The molecule has 15 heavy (non-hydrogen) atoms. The average molecular weight is 204 g/mol. The topological polar surface area (TPSA) is 0 Å². The molecule has 2 unspecified atom stereocenters. The van der Waals surface area contributed by atoms with E-state index in [4.69, 9.17) is 0 Å². The van der Waals surface area contributed by atoms with Crippen molar-refractivity contribution in [3.8, 4) is 0 Å². The lowest BCUT2D eigenvalue weighted by Crippen LogP contribution is -2.08. The molecule has 1 aromatic carbocycles. The molecule has 0 heterocycles. The van der Waals surface area contributed by atoms with E-state index in [-0.39, 0.29) is 0 Å². The molecule has 1 aromatic rings. The minimum absolute atomic E-state index is 0.487. The van der Waals surface area contributed by atoms with Crippen molar-refractivity contribution in [1.82, 2.24) is 0 Å². The van der Waals surface area contributed by atoms with Crippen LogP contribution in [0.25, 0.3) is 0 Å². The lowest BCUT2D eigenvalue weighted by Gasteiger charge is -2.18. The van der Waals surface area contributed by atoms with Gasteiger partial charge in [-0.3, -0.25) is 0 Å². The van der Waals surface area contributed by atoms with Crippen molar-refractivity contribution in [2.24, 2.45) is 11.3 Å². The number of benzene rings is 1. The second-order valence-corrected chi connectivity index (χ2v) is 5.23. The quantitative estimate of drug-likeness (QED) is 0.612. The van der Waals surface area contributed by atoms with Gasteiger partial charge in [0.15, 0.2) is 0 Å². The predicted octanol–water partition coefficient (Wildman–Crippen LogP) is 4.86. The van der Waals surface area contributed by atoms with Gasteiger partial charge in [0, 0.05) is 0 Å². The third-order valence-corrected chi connectivity index (χ3v) is 3.13. The summed E-state index contributed by atoms with van der Waals surface area (Å²) in [5.74, 6) is 1.73. The van der Waals surface area contributed by atoms with Crippen LogP contribution in [-0.4, -0.2) is 0 Å². The van der Waals surface area contributed by atoms with Crippen molar-refractivity contribution in [3.05, 3.63) is 35.9 Å². The summed E-state index contributed by atoms with van der Waals surface area (Å²) in [4.78, 5) is 0. The van der Waals surface area contributed by atoms with E-state index < -0.39 is 0 Å². The molecule has 0 N–H and O–H groups in total. The van der Waals surface area contributed by atoms with E-state index in [2.05, 4.69) is 51.1 Å². The van der Waals surface area contributed by atoms with Gasteiger partial charge in [-0.15, -0.1) is 0 Å². The Bertz CT molecular complexity index is 279. The smallest absolute Gasteiger partial charge is 0.0125 e. The summed E-state index contributed by atoms with van der Waals surface area (Å²) in [6.07, 6.45) is 1.38. The van der Waals surface area contributed by atoms with Crippen LogP contribution in [0, 0.1) is 11.3 Å². The Kier molecular flexibility index (Phi) is 3.96. The maximum Gasteiger partial charge on any atom is -0.0125 e. The van der Waals surface area contributed by atoms with E-state index in [1.165, 1.54) is 12.0 Å². The van der Waals surface area contributed by atoms with Crippen LogP contribution in [0.3, 0.4) is 0 Å². The Labute approximate surface area is 94.7 Å². The van der Waals surface area contributed by atoms with Gasteiger partial charge in [-0.25, -0.2) is 0 Å². The molecule has 0 heteroatoms. The first kappa shape index (κ1) is 12.3. The third-order valence-electron chi connectivity index (χ3n) is 3.13. The Morgan fingerprint density at radius 3 is 1.93 bits per heavy atom. The number of hydrogen-bond acceptors (Lipinski definition) is 0. The molecule has 1 saturated carbocycles. The second-order valence-electron chi connectivity index (χ2n) is 5.23. The molecule has 1 aliphatic carbocycles. The van der Waals surface area contributed by atoms with E-state index in [0.29, 0.717) is 5.41 Å². The highest BCUT2D eigenvalue weighted by molar-refractivity contribution is 5.26. The van der Waals surface area contributed by atoms with Crippen molar-refractivity contribution in [1.29, 1.82) is 0 Å². The van der Waals surface area contributed by atoms with Crippen LogP contribution < -0.4 is 0 Å². The van der Waals surface area contributed by atoms with Crippen LogP contribution in [0.1, 0.15) is 52.5 Å². The molecule has 0 saturated heterocycles. The van der Waals surface area contributed by atoms with Gasteiger partial charge in [0.2, 0.25) is 0 Å². The van der Waals surface area contributed by atoms with Gasteiger partial charge in [-0.1, -0.05) is 65.0 Å². The Morgan fingerprint density at radius 2 is 1.53 bits per heavy atom. The van der Waals surface area contributed by atoms with Gasteiger partial charge >= 0.3 is 0 Å². The van der Waals surface area contributed by atoms with Crippen LogP contribution in [0.15, 0.2) is 30.3 Å². The van der Waals surface area contributed by atoms with Gasteiger partial charge in [-0.2, -0.15) is 0 Å². The van der Waals surface area contributed by atoms with Gasteiger partial charge in [0.05, 0.1) is 0 Å². The lowest BCUT2D eigenvalue weighted by atomic mass is 9.88. The van der Waals surface area contributed by atoms with Crippen LogP contribution in [0.2, 0.25) is 0 Å². The largest absolute Gasteiger partial charge is 0.0683 e. The Hall–Kier alpha value is -0.780. The van der Waals surface area contributed by atoms with E-state index in [9.17, 15) is 0 Å². The summed E-state index contributed by atoms with van der Waals surface area (Å²) in [5, 5.41) is 0. The molecule has 0 spiro atoms. The fraction of sp³-hybridized carbons (Fsp3) is 0.600. The summed E-state index contributed by atoms with van der Waals surface area (Å²) in [7, 11) is 0. The molecule has 1 aliphatic rings. The normalized spacial score (nSPS) is 24.1. The predicted molar refractivity (Wildman–Crippen MR) is 68.1 cm³/mol. The van der Waals surface area contributed by atoms with Crippen molar-refractivity contribution < 1.29 is 0 Å². The van der Waals surface area contributed by atoms with Gasteiger partial charge in [0.25, 0.3) is 0 Å². The molecule has 2 atom stereocenters. The van der Waals surface area contributed by atoms with Crippen molar-refractivity contribution in [3.63, 3.8) is 0 Å². The van der Waals surface area contributed by atoms with E-state index in [1.54, 1.807) is 0 Å². The SMILES string of the molecule is CC.CC(C)(C)C1CC1c1ccccc1.